The number of benzene rings is 2. The number of hydrogen-bond donors (Lipinski definition) is 1. The lowest BCUT2D eigenvalue weighted by Crippen LogP contribution is -2.04. The average Bonchev–Trinajstić information content (AvgIpc) is 2.46. The summed E-state index contributed by atoms with van der Waals surface area (Å²) >= 11 is 0. The monoisotopic (exact) mass is 257 g/mol. The van der Waals surface area contributed by atoms with E-state index in [1.54, 1.807) is 7.11 Å². The molecule has 1 atom stereocenters. The van der Waals surface area contributed by atoms with Gasteiger partial charge in [-0.25, -0.2) is 0 Å². The van der Waals surface area contributed by atoms with Gasteiger partial charge in [-0.05, 0) is 42.3 Å². The zero-order valence-electron chi connectivity index (χ0n) is 11.3. The van der Waals surface area contributed by atoms with Crippen molar-refractivity contribution in [3.63, 3.8) is 0 Å². The van der Waals surface area contributed by atoms with Crippen LogP contribution in [0.1, 0.15) is 24.1 Å². The van der Waals surface area contributed by atoms with Gasteiger partial charge in [-0.15, -0.1) is 0 Å². The first kappa shape index (κ1) is 13.4. The molecule has 100 valence electrons. The Hall–Kier alpha value is -2.00. The van der Waals surface area contributed by atoms with Crippen molar-refractivity contribution in [3.05, 3.63) is 59.7 Å². The molecule has 2 aromatic rings. The maximum atomic E-state index is 5.80. The van der Waals surface area contributed by atoms with Gasteiger partial charge < -0.3 is 15.2 Å². The zero-order valence-corrected chi connectivity index (χ0v) is 11.3. The highest BCUT2D eigenvalue weighted by Gasteiger charge is 2.00. The molecule has 0 bridgehead atoms. The van der Waals surface area contributed by atoms with Crippen LogP contribution in [0, 0.1) is 0 Å². The fraction of sp³-hybridized carbons (Fsp3) is 0.250. The molecule has 3 heteroatoms. The molecule has 0 aliphatic heterocycles. The molecule has 0 spiro atoms. The van der Waals surface area contributed by atoms with E-state index >= 15 is 0 Å². The van der Waals surface area contributed by atoms with Crippen LogP contribution < -0.4 is 15.2 Å². The summed E-state index contributed by atoms with van der Waals surface area (Å²) in [5.74, 6) is 1.70. The van der Waals surface area contributed by atoms with Crippen LogP contribution in [0.15, 0.2) is 48.5 Å². The minimum absolute atomic E-state index is 0.0515. The van der Waals surface area contributed by atoms with Crippen molar-refractivity contribution >= 4 is 0 Å². The summed E-state index contributed by atoms with van der Waals surface area (Å²) in [4.78, 5) is 0. The number of methoxy groups -OCH3 is 1. The lowest BCUT2D eigenvalue weighted by molar-refractivity contribution is 0.306. The highest BCUT2D eigenvalue weighted by Crippen LogP contribution is 2.18. The summed E-state index contributed by atoms with van der Waals surface area (Å²) in [5.41, 5.74) is 8.02. The second kappa shape index (κ2) is 6.25. The summed E-state index contributed by atoms with van der Waals surface area (Å²) < 4.78 is 10.8. The SMILES string of the molecule is COc1ccc(COc2ccc(C(C)N)cc2)cc1. The van der Waals surface area contributed by atoms with Gasteiger partial charge in [0.05, 0.1) is 7.11 Å². The minimum Gasteiger partial charge on any atom is -0.497 e. The Morgan fingerprint density at radius 1 is 0.947 bits per heavy atom. The Balaban J connectivity index is 1.94. The van der Waals surface area contributed by atoms with Crippen LogP contribution in [0.4, 0.5) is 0 Å². The van der Waals surface area contributed by atoms with E-state index in [0.717, 1.165) is 22.6 Å². The van der Waals surface area contributed by atoms with Crippen LogP contribution in [0.5, 0.6) is 11.5 Å². The van der Waals surface area contributed by atoms with Crippen LogP contribution >= 0.6 is 0 Å². The molecule has 2 rings (SSSR count). The maximum Gasteiger partial charge on any atom is 0.119 e. The number of rotatable bonds is 5. The van der Waals surface area contributed by atoms with Crippen molar-refractivity contribution < 1.29 is 9.47 Å². The van der Waals surface area contributed by atoms with Crippen molar-refractivity contribution in [2.24, 2.45) is 5.73 Å². The molecule has 19 heavy (non-hydrogen) atoms. The van der Waals surface area contributed by atoms with Gasteiger partial charge in [-0.1, -0.05) is 24.3 Å². The predicted octanol–water partition coefficient (Wildman–Crippen LogP) is 3.29. The van der Waals surface area contributed by atoms with E-state index in [9.17, 15) is 0 Å². The van der Waals surface area contributed by atoms with E-state index in [0.29, 0.717) is 6.61 Å². The standard InChI is InChI=1S/C16H19NO2/c1-12(17)14-5-9-16(10-6-14)19-11-13-3-7-15(18-2)8-4-13/h3-10,12H,11,17H2,1-2H3. The summed E-state index contributed by atoms with van der Waals surface area (Å²) in [6.45, 7) is 2.51. The van der Waals surface area contributed by atoms with Gasteiger partial charge >= 0.3 is 0 Å². The van der Waals surface area contributed by atoms with Crippen molar-refractivity contribution in [3.8, 4) is 11.5 Å². The van der Waals surface area contributed by atoms with Crippen molar-refractivity contribution in [1.29, 1.82) is 0 Å². The molecule has 2 aromatic carbocycles. The molecule has 0 radical (unpaired) electrons. The second-order valence-electron chi connectivity index (χ2n) is 4.49. The fourth-order valence-electron chi connectivity index (χ4n) is 1.76. The molecule has 1 unspecified atom stereocenters. The van der Waals surface area contributed by atoms with Gasteiger partial charge in [0.25, 0.3) is 0 Å². The quantitative estimate of drug-likeness (QED) is 0.893. The van der Waals surface area contributed by atoms with E-state index in [4.69, 9.17) is 15.2 Å². The molecule has 0 fully saturated rings. The van der Waals surface area contributed by atoms with Gasteiger partial charge in [0.2, 0.25) is 0 Å². The molecular formula is C16H19NO2. The van der Waals surface area contributed by atoms with E-state index in [1.165, 1.54) is 0 Å². The summed E-state index contributed by atoms with van der Waals surface area (Å²) in [5, 5.41) is 0. The molecule has 0 amide bonds. The van der Waals surface area contributed by atoms with Crippen LogP contribution in [0.25, 0.3) is 0 Å². The van der Waals surface area contributed by atoms with Gasteiger partial charge in [0.15, 0.2) is 0 Å². The van der Waals surface area contributed by atoms with Gasteiger partial charge in [-0.2, -0.15) is 0 Å². The Morgan fingerprint density at radius 2 is 1.53 bits per heavy atom. The Bertz CT molecular complexity index is 503. The third kappa shape index (κ3) is 3.73. The third-order valence-electron chi connectivity index (χ3n) is 2.97. The first-order valence-electron chi connectivity index (χ1n) is 6.30. The van der Waals surface area contributed by atoms with E-state index in [1.807, 2.05) is 55.5 Å². The van der Waals surface area contributed by atoms with Crippen molar-refractivity contribution in [2.75, 3.05) is 7.11 Å². The topological polar surface area (TPSA) is 44.5 Å². The average molecular weight is 257 g/mol. The second-order valence-corrected chi connectivity index (χ2v) is 4.49. The molecule has 0 aliphatic carbocycles. The first-order valence-corrected chi connectivity index (χ1v) is 6.30. The Kier molecular flexibility index (Phi) is 4.42. The van der Waals surface area contributed by atoms with Crippen LogP contribution in [-0.4, -0.2) is 7.11 Å². The number of ether oxygens (including phenoxy) is 2. The third-order valence-corrected chi connectivity index (χ3v) is 2.97. The minimum atomic E-state index is 0.0515. The summed E-state index contributed by atoms with van der Waals surface area (Å²) in [6.07, 6.45) is 0. The highest BCUT2D eigenvalue weighted by molar-refractivity contribution is 5.30. The highest BCUT2D eigenvalue weighted by atomic mass is 16.5. The van der Waals surface area contributed by atoms with Gasteiger partial charge in [0.1, 0.15) is 18.1 Å². The number of hydrogen-bond acceptors (Lipinski definition) is 3. The van der Waals surface area contributed by atoms with Crippen molar-refractivity contribution in [1.82, 2.24) is 0 Å². The molecule has 0 aliphatic rings. The zero-order chi connectivity index (χ0) is 13.7. The molecule has 0 saturated carbocycles. The smallest absolute Gasteiger partial charge is 0.119 e. The fourth-order valence-corrected chi connectivity index (χ4v) is 1.76. The molecule has 0 heterocycles. The molecule has 0 saturated heterocycles. The van der Waals surface area contributed by atoms with Crippen LogP contribution in [0.2, 0.25) is 0 Å². The normalized spacial score (nSPS) is 11.9. The van der Waals surface area contributed by atoms with Crippen LogP contribution in [0.3, 0.4) is 0 Å². The van der Waals surface area contributed by atoms with Crippen LogP contribution in [-0.2, 0) is 6.61 Å². The van der Waals surface area contributed by atoms with Crippen molar-refractivity contribution in [2.45, 2.75) is 19.6 Å². The van der Waals surface area contributed by atoms with E-state index in [2.05, 4.69) is 0 Å². The Morgan fingerprint density at radius 3 is 2.05 bits per heavy atom. The predicted molar refractivity (Wildman–Crippen MR) is 76.4 cm³/mol. The molecule has 2 N–H and O–H groups in total. The lowest BCUT2D eigenvalue weighted by atomic mass is 10.1. The number of nitrogens with two attached hydrogens (primary N) is 1. The van der Waals surface area contributed by atoms with E-state index in [-0.39, 0.29) is 6.04 Å². The lowest BCUT2D eigenvalue weighted by Gasteiger charge is -2.09. The summed E-state index contributed by atoms with van der Waals surface area (Å²) in [6, 6.07) is 15.8. The largest absolute Gasteiger partial charge is 0.497 e. The Labute approximate surface area is 114 Å². The molecular weight excluding hydrogens is 238 g/mol. The van der Waals surface area contributed by atoms with E-state index < -0.39 is 0 Å². The maximum absolute atomic E-state index is 5.80. The first-order chi connectivity index (χ1) is 9.19. The summed E-state index contributed by atoms with van der Waals surface area (Å²) in [7, 11) is 1.66. The molecule has 0 aromatic heterocycles. The molecule has 3 nitrogen and oxygen atoms in total. The van der Waals surface area contributed by atoms with Gasteiger partial charge in [0, 0.05) is 6.04 Å². The van der Waals surface area contributed by atoms with Gasteiger partial charge in [-0.3, -0.25) is 0 Å².